The molecule has 0 aliphatic carbocycles. The maximum absolute atomic E-state index is 5.66. The molecule has 4 heterocycles. The molecule has 0 amide bonds. The summed E-state index contributed by atoms with van der Waals surface area (Å²) >= 11 is 5.50. The number of hydrogen-bond acceptors (Lipinski definition) is 7. The molecule has 3 saturated heterocycles. The molecule has 166 valence electrons. The molecule has 0 spiro atoms. The van der Waals surface area contributed by atoms with Gasteiger partial charge in [-0.25, -0.2) is 0 Å². The van der Waals surface area contributed by atoms with Gasteiger partial charge in [0.15, 0.2) is 5.11 Å². The molecule has 0 bridgehead atoms. The first-order chi connectivity index (χ1) is 14.6. The van der Waals surface area contributed by atoms with Crippen LogP contribution in [0.4, 0.5) is 17.6 Å². The molecule has 3 aliphatic rings. The topological polar surface area (TPSA) is 74.8 Å². The number of nitrogens with zero attached hydrogens (tertiary/aromatic N) is 4. The van der Waals surface area contributed by atoms with Gasteiger partial charge in [0.1, 0.15) is 11.6 Å². The summed E-state index contributed by atoms with van der Waals surface area (Å²) in [6, 6.07) is 2.12. The smallest absolute Gasteiger partial charge is 0.232 e. The minimum absolute atomic E-state index is 0.234. The number of ether oxygens (including phenoxy) is 2. The number of anilines is 3. The summed E-state index contributed by atoms with van der Waals surface area (Å²) in [5.74, 6) is 3.75. The molecule has 0 unspecified atom stereocenters. The van der Waals surface area contributed by atoms with E-state index in [2.05, 4.69) is 40.3 Å². The lowest BCUT2D eigenvalue weighted by Gasteiger charge is -2.36. The van der Waals surface area contributed by atoms with Crippen LogP contribution in [0.25, 0.3) is 0 Å². The van der Waals surface area contributed by atoms with Gasteiger partial charge in [0, 0.05) is 45.4 Å². The number of hydrogen-bond donors (Lipinski definition) is 2. The SMILES string of the molecule is C[C@@H]1C[C@H](C)CN(c2cc(N3CCOCC3)nc(NC(=S)NC[C@H]3CCCO3)n2)C1. The van der Waals surface area contributed by atoms with Crippen molar-refractivity contribution < 1.29 is 9.47 Å². The fourth-order valence-electron chi connectivity index (χ4n) is 4.60. The average molecular weight is 435 g/mol. The monoisotopic (exact) mass is 434 g/mol. The Kier molecular flexibility index (Phi) is 7.22. The molecule has 30 heavy (non-hydrogen) atoms. The molecule has 8 nitrogen and oxygen atoms in total. The van der Waals surface area contributed by atoms with Crippen LogP contribution in [0, 0.1) is 11.8 Å². The van der Waals surface area contributed by atoms with Gasteiger partial charge in [-0.3, -0.25) is 0 Å². The Morgan fingerprint density at radius 2 is 1.80 bits per heavy atom. The minimum Gasteiger partial charge on any atom is -0.378 e. The molecule has 0 radical (unpaired) electrons. The van der Waals surface area contributed by atoms with E-state index in [0.29, 0.717) is 29.4 Å². The van der Waals surface area contributed by atoms with E-state index >= 15 is 0 Å². The molecule has 2 N–H and O–H groups in total. The Bertz CT molecular complexity index is 713. The van der Waals surface area contributed by atoms with E-state index in [1.54, 1.807) is 0 Å². The van der Waals surface area contributed by atoms with Crippen LogP contribution in [-0.2, 0) is 9.47 Å². The number of piperidine rings is 1. The normalized spacial score (nSPS) is 27.2. The van der Waals surface area contributed by atoms with E-state index in [1.807, 2.05) is 0 Å². The summed E-state index contributed by atoms with van der Waals surface area (Å²) in [5, 5.41) is 7.00. The molecular formula is C21H34N6O2S. The van der Waals surface area contributed by atoms with Crippen LogP contribution in [0.3, 0.4) is 0 Å². The van der Waals surface area contributed by atoms with E-state index in [1.165, 1.54) is 6.42 Å². The predicted octanol–water partition coefficient (Wildman–Crippen LogP) is 2.26. The van der Waals surface area contributed by atoms with Gasteiger partial charge in [0.25, 0.3) is 0 Å². The summed E-state index contributed by atoms with van der Waals surface area (Å²) < 4.78 is 11.2. The number of nitrogens with one attached hydrogen (secondary N) is 2. The molecule has 3 fully saturated rings. The quantitative estimate of drug-likeness (QED) is 0.679. The minimum atomic E-state index is 0.234. The van der Waals surface area contributed by atoms with Gasteiger partial charge < -0.3 is 29.9 Å². The van der Waals surface area contributed by atoms with E-state index < -0.39 is 0 Å². The van der Waals surface area contributed by atoms with Gasteiger partial charge in [0.2, 0.25) is 5.95 Å². The van der Waals surface area contributed by atoms with Gasteiger partial charge in [-0.2, -0.15) is 9.97 Å². The third-order valence-corrected chi connectivity index (χ3v) is 6.21. The molecule has 9 heteroatoms. The Labute approximate surface area is 184 Å². The number of morpholine rings is 1. The highest BCUT2D eigenvalue weighted by Gasteiger charge is 2.25. The van der Waals surface area contributed by atoms with Crippen molar-refractivity contribution in [2.24, 2.45) is 11.8 Å². The van der Waals surface area contributed by atoms with Crippen molar-refractivity contribution in [3.63, 3.8) is 0 Å². The summed E-state index contributed by atoms with van der Waals surface area (Å²) in [6.45, 7) is 11.3. The third kappa shape index (κ3) is 5.70. The summed E-state index contributed by atoms with van der Waals surface area (Å²) in [7, 11) is 0. The summed E-state index contributed by atoms with van der Waals surface area (Å²) in [5.41, 5.74) is 0. The highest BCUT2D eigenvalue weighted by atomic mass is 32.1. The first-order valence-electron chi connectivity index (χ1n) is 11.2. The molecule has 4 rings (SSSR count). The van der Waals surface area contributed by atoms with Crippen LogP contribution in [0.5, 0.6) is 0 Å². The lowest BCUT2D eigenvalue weighted by Crippen LogP contribution is -2.40. The second-order valence-electron chi connectivity index (χ2n) is 8.83. The zero-order valence-electron chi connectivity index (χ0n) is 18.1. The Hall–Kier alpha value is -1.71. The number of aromatic nitrogens is 2. The molecule has 1 aromatic rings. The fraction of sp³-hybridized carbons (Fsp3) is 0.762. The maximum atomic E-state index is 5.66. The van der Waals surface area contributed by atoms with E-state index in [9.17, 15) is 0 Å². The van der Waals surface area contributed by atoms with E-state index in [0.717, 1.165) is 70.5 Å². The van der Waals surface area contributed by atoms with Gasteiger partial charge in [-0.1, -0.05) is 13.8 Å². The first kappa shape index (κ1) is 21.5. The largest absolute Gasteiger partial charge is 0.378 e. The molecular weight excluding hydrogens is 400 g/mol. The second-order valence-corrected chi connectivity index (χ2v) is 9.24. The van der Waals surface area contributed by atoms with Crippen molar-refractivity contribution in [2.75, 3.05) is 67.7 Å². The molecule has 0 aromatic carbocycles. The van der Waals surface area contributed by atoms with Crippen LogP contribution < -0.4 is 20.4 Å². The molecule has 1 aromatic heterocycles. The molecule has 3 atom stereocenters. The third-order valence-electron chi connectivity index (χ3n) is 5.97. The zero-order valence-corrected chi connectivity index (χ0v) is 18.9. The van der Waals surface area contributed by atoms with Crippen LogP contribution in [0.15, 0.2) is 6.07 Å². The van der Waals surface area contributed by atoms with Gasteiger partial charge >= 0.3 is 0 Å². The predicted molar refractivity (Wildman–Crippen MR) is 123 cm³/mol. The number of rotatable bonds is 5. The molecule has 3 aliphatic heterocycles. The molecule has 0 saturated carbocycles. The fourth-order valence-corrected chi connectivity index (χ4v) is 4.78. The van der Waals surface area contributed by atoms with Crippen molar-refractivity contribution in [3.05, 3.63) is 6.07 Å². The van der Waals surface area contributed by atoms with Gasteiger partial charge in [0.05, 0.1) is 19.3 Å². The van der Waals surface area contributed by atoms with Crippen molar-refractivity contribution in [2.45, 2.75) is 39.2 Å². The lowest BCUT2D eigenvalue weighted by molar-refractivity contribution is 0.114. The average Bonchev–Trinajstić information content (AvgIpc) is 3.26. The van der Waals surface area contributed by atoms with Crippen molar-refractivity contribution in [3.8, 4) is 0 Å². The van der Waals surface area contributed by atoms with Crippen LogP contribution in [-0.4, -0.2) is 73.7 Å². The van der Waals surface area contributed by atoms with Crippen LogP contribution in [0.1, 0.15) is 33.1 Å². The standard InChI is InChI=1S/C21H34N6O2S/c1-15-10-16(2)14-27(13-15)19-11-18(26-5-8-28-9-6-26)23-20(24-19)25-21(30)22-12-17-4-3-7-29-17/h11,15-17H,3-10,12-14H2,1-2H3,(H2,22,23,24,25,30)/t15-,16+,17-/m1/s1. The first-order valence-corrected chi connectivity index (χ1v) is 11.6. The van der Waals surface area contributed by atoms with Crippen LogP contribution in [0.2, 0.25) is 0 Å². The van der Waals surface area contributed by atoms with Gasteiger partial charge in [-0.05, 0) is 43.3 Å². The highest BCUT2D eigenvalue weighted by Crippen LogP contribution is 2.28. The van der Waals surface area contributed by atoms with Crippen LogP contribution >= 0.6 is 12.2 Å². The highest BCUT2D eigenvalue weighted by molar-refractivity contribution is 7.80. The second kappa shape index (κ2) is 10.1. The van der Waals surface area contributed by atoms with Gasteiger partial charge in [-0.15, -0.1) is 0 Å². The lowest BCUT2D eigenvalue weighted by atomic mass is 9.92. The van der Waals surface area contributed by atoms with Crippen molar-refractivity contribution in [1.82, 2.24) is 15.3 Å². The zero-order chi connectivity index (χ0) is 20.9. The summed E-state index contributed by atoms with van der Waals surface area (Å²) in [4.78, 5) is 14.3. The van der Waals surface area contributed by atoms with Crippen molar-refractivity contribution in [1.29, 1.82) is 0 Å². The van der Waals surface area contributed by atoms with E-state index in [4.69, 9.17) is 31.7 Å². The number of thiocarbonyl (C=S) groups is 1. The maximum Gasteiger partial charge on any atom is 0.232 e. The van der Waals surface area contributed by atoms with E-state index in [-0.39, 0.29) is 6.10 Å². The Balaban J connectivity index is 1.49. The Morgan fingerprint density at radius 3 is 2.47 bits per heavy atom. The van der Waals surface area contributed by atoms with Crippen molar-refractivity contribution >= 4 is 34.9 Å². The Morgan fingerprint density at radius 1 is 1.10 bits per heavy atom. The summed E-state index contributed by atoms with van der Waals surface area (Å²) in [6.07, 6.45) is 3.69.